The minimum Gasteiger partial charge on any atom is -0.379 e. The summed E-state index contributed by atoms with van der Waals surface area (Å²) in [5.41, 5.74) is 1.03. The summed E-state index contributed by atoms with van der Waals surface area (Å²) in [7, 11) is 0. The van der Waals surface area contributed by atoms with Crippen LogP contribution in [0.4, 0.5) is 0 Å². The highest BCUT2D eigenvalue weighted by molar-refractivity contribution is 7.99. The van der Waals surface area contributed by atoms with Crippen LogP contribution in [-0.4, -0.2) is 59.6 Å². The molecule has 6 heteroatoms. The van der Waals surface area contributed by atoms with Crippen LogP contribution >= 0.6 is 11.8 Å². The van der Waals surface area contributed by atoms with Gasteiger partial charge in [0.05, 0.1) is 31.4 Å². The van der Waals surface area contributed by atoms with Crippen LogP contribution in [0.2, 0.25) is 0 Å². The van der Waals surface area contributed by atoms with E-state index in [0.29, 0.717) is 6.10 Å². The van der Waals surface area contributed by atoms with Gasteiger partial charge in [0.1, 0.15) is 10.9 Å². The van der Waals surface area contributed by atoms with Gasteiger partial charge in [-0.2, -0.15) is 0 Å². The van der Waals surface area contributed by atoms with E-state index >= 15 is 0 Å². The lowest BCUT2D eigenvalue weighted by molar-refractivity contribution is 0.0330. The maximum atomic E-state index is 5.75. The Morgan fingerprint density at radius 1 is 1.12 bits per heavy atom. The van der Waals surface area contributed by atoms with Crippen molar-refractivity contribution in [3.8, 4) is 0 Å². The molecule has 128 valence electrons. The zero-order valence-electron chi connectivity index (χ0n) is 13.8. The van der Waals surface area contributed by atoms with Crippen LogP contribution in [0.3, 0.4) is 0 Å². The molecule has 0 bridgehead atoms. The summed E-state index contributed by atoms with van der Waals surface area (Å²) in [5.74, 6) is 1.88. The van der Waals surface area contributed by atoms with E-state index in [2.05, 4.69) is 23.1 Å². The molecule has 1 aromatic heterocycles. The van der Waals surface area contributed by atoms with Gasteiger partial charge in [0.2, 0.25) is 0 Å². The van der Waals surface area contributed by atoms with Crippen molar-refractivity contribution in [2.45, 2.75) is 30.5 Å². The van der Waals surface area contributed by atoms with E-state index in [1.807, 2.05) is 6.07 Å². The topological polar surface area (TPSA) is 47.5 Å². The molecule has 0 radical (unpaired) electrons. The van der Waals surface area contributed by atoms with Gasteiger partial charge < -0.3 is 9.47 Å². The third-order valence-corrected chi connectivity index (χ3v) is 5.64. The average molecular weight is 345 g/mol. The van der Waals surface area contributed by atoms with Crippen molar-refractivity contribution in [3.05, 3.63) is 30.1 Å². The van der Waals surface area contributed by atoms with Gasteiger partial charge in [-0.25, -0.2) is 9.97 Å². The van der Waals surface area contributed by atoms with Gasteiger partial charge in [0.15, 0.2) is 0 Å². The minimum absolute atomic E-state index is 0.367. The Morgan fingerprint density at radius 2 is 2.00 bits per heavy atom. The van der Waals surface area contributed by atoms with Crippen molar-refractivity contribution in [2.75, 3.05) is 38.7 Å². The van der Waals surface area contributed by atoms with Crippen LogP contribution in [0, 0.1) is 0 Å². The molecule has 24 heavy (non-hydrogen) atoms. The van der Waals surface area contributed by atoms with E-state index in [9.17, 15) is 0 Å². The molecule has 1 atom stereocenters. The molecule has 0 amide bonds. The molecule has 2 aliphatic heterocycles. The van der Waals surface area contributed by atoms with Crippen molar-refractivity contribution < 1.29 is 9.47 Å². The number of aromatic nitrogens is 2. The van der Waals surface area contributed by atoms with Gasteiger partial charge in [0, 0.05) is 30.8 Å². The highest BCUT2D eigenvalue weighted by atomic mass is 32.2. The molecule has 2 saturated heterocycles. The molecule has 2 aliphatic rings. The van der Waals surface area contributed by atoms with Gasteiger partial charge in [-0.1, -0.05) is 18.2 Å². The van der Waals surface area contributed by atoms with Crippen molar-refractivity contribution in [3.63, 3.8) is 0 Å². The van der Waals surface area contributed by atoms with E-state index in [0.717, 1.165) is 73.4 Å². The quantitative estimate of drug-likeness (QED) is 0.613. The first-order valence-corrected chi connectivity index (χ1v) is 9.67. The molecular formula is C18H23N3O2S. The van der Waals surface area contributed by atoms with Crippen LogP contribution in [-0.2, 0) is 16.0 Å². The Morgan fingerprint density at radius 3 is 2.83 bits per heavy atom. The molecule has 2 aromatic rings. The second kappa shape index (κ2) is 7.78. The van der Waals surface area contributed by atoms with Gasteiger partial charge in [0.25, 0.3) is 0 Å². The summed E-state index contributed by atoms with van der Waals surface area (Å²) in [6.45, 7) is 5.20. The van der Waals surface area contributed by atoms with Crippen LogP contribution in [0.25, 0.3) is 10.9 Å². The summed E-state index contributed by atoms with van der Waals surface area (Å²) < 4.78 is 11.2. The smallest absolute Gasteiger partial charge is 0.144 e. The Hall–Kier alpha value is -1.21. The van der Waals surface area contributed by atoms with Crippen molar-refractivity contribution >= 4 is 22.7 Å². The average Bonchev–Trinajstić information content (AvgIpc) is 3.14. The standard InChI is InChI=1S/C18H23N3O2S/c1-2-6-16-15(5-1)18(24-13-14-4-3-9-23-14)20-17(19-16)12-21-7-10-22-11-8-21/h1-2,5-6,14H,3-4,7-13H2/t14-/m0/s1. The molecule has 0 unspecified atom stereocenters. The SMILES string of the molecule is c1ccc2c(SC[C@@H]3CCCO3)nc(CN3CCOCC3)nc2c1. The van der Waals surface area contributed by atoms with Crippen molar-refractivity contribution in [2.24, 2.45) is 0 Å². The summed E-state index contributed by atoms with van der Waals surface area (Å²) >= 11 is 1.80. The number of fused-ring (bicyclic) bond motifs is 1. The zero-order chi connectivity index (χ0) is 16.2. The molecule has 0 spiro atoms. The zero-order valence-corrected chi connectivity index (χ0v) is 14.6. The van der Waals surface area contributed by atoms with Gasteiger partial charge in [-0.3, -0.25) is 4.90 Å². The second-order valence-corrected chi connectivity index (χ2v) is 7.31. The number of hydrogen-bond donors (Lipinski definition) is 0. The molecular weight excluding hydrogens is 322 g/mol. The summed E-state index contributed by atoms with van der Waals surface area (Å²) in [5, 5.41) is 2.23. The first-order chi connectivity index (χ1) is 11.9. The van der Waals surface area contributed by atoms with Crippen LogP contribution in [0.5, 0.6) is 0 Å². The molecule has 0 saturated carbocycles. The van der Waals surface area contributed by atoms with Gasteiger partial charge >= 0.3 is 0 Å². The molecule has 3 heterocycles. The first kappa shape index (κ1) is 16.3. The van der Waals surface area contributed by atoms with E-state index in [1.165, 1.54) is 6.42 Å². The Bertz CT molecular complexity index is 685. The highest BCUT2D eigenvalue weighted by Crippen LogP contribution is 2.28. The number of ether oxygens (including phenoxy) is 2. The van der Waals surface area contributed by atoms with E-state index in [1.54, 1.807) is 11.8 Å². The van der Waals surface area contributed by atoms with Crippen LogP contribution in [0.1, 0.15) is 18.7 Å². The number of thioether (sulfide) groups is 1. The van der Waals surface area contributed by atoms with E-state index in [4.69, 9.17) is 19.4 Å². The number of nitrogens with zero attached hydrogens (tertiary/aromatic N) is 3. The maximum Gasteiger partial charge on any atom is 0.144 e. The third-order valence-electron chi connectivity index (χ3n) is 4.51. The van der Waals surface area contributed by atoms with Gasteiger partial charge in [-0.05, 0) is 18.9 Å². The molecule has 2 fully saturated rings. The maximum absolute atomic E-state index is 5.75. The largest absolute Gasteiger partial charge is 0.379 e. The van der Waals surface area contributed by atoms with Crippen molar-refractivity contribution in [1.29, 1.82) is 0 Å². The molecule has 0 N–H and O–H groups in total. The molecule has 5 nitrogen and oxygen atoms in total. The van der Waals surface area contributed by atoms with Gasteiger partial charge in [-0.15, -0.1) is 11.8 Å². The van der Waals surface area contributed by atoms with Crippen LogP contribution < -0.4 is 0 Å². The lowest BCUT2D eigenvalue weighted by atomic mass is 10.2. The lowest BCUT2D eigenvalue weighted by Gasteiger charge is -2.26. The second-order valence-electron chi connectivity index (χ2n) is 6.30. The monoisotopic (exact) mass is 345 g/mol. The summed E-state index contributed by atoms with van der Waals surface area (Å²) in [4.78, 5) is 12.0. The van der Waals surface area contributed by atoms with E-state index < -0.39 is 0 Å². The number of para-hydroxylation sites is 1. The fraction of sp³-hybridized carbons (Fsp3) is 0.556. The predicted octanol–water partition coefficient (Wildman–Crippen LogP) is 2.73. The first-order valence-electron chi connectivity index (χ1n) is 8.69. The van der Waals surface area contributed by atoms with E-state index in [-0.39, 0.29) is 0 Å². The summed E-state index contributed by atoms with van der Waals surface area (Å²) in [6, 6.07) is 8.30. The minimum atomic E-state index is 0.367. The Labute approximate surface area is 146 Å². The number of rotatable bonds is 5. The Balaban J connectivity index is 1.55. The number of hydrogen-bond acceptors (Lipinski definition) is 6. The lowest BCUT2D eigenvalue weighted by Crippen LogP contribution is -2.36. The van der Waals surface area contributed by atoms with Crippen LogP contribution in [0.15, 0.2) is 29.3 Å². The third kappa shape index (κ3) is 3.88. The number of benzene rings is 1. The molecule has 0 aliphatic carbocycles. The summed E-state index contributed by atoms with van der Waals surface area (Å²) in [6.07, 6.45) is 2.71. The molecule has 4 rings (SSSR count). The van der Waals surface area contributed by atoms with Crippen molar-refractivity contribution in [1.82, 2.24) is 14.9 Å². The predicted molar refractivity (Wildman–Crippen MR) is 95.3 cm³/mol. The normalized spacial score (nSPS) is 22.2. The fourth-order valence-electron chi connectivity index (χ4n) is 3.18. The highest BCUT2D eigenvalue weighted by Gasteiger charge is 2.18. The Kier molecular flexibility index (Phi) is 5.27. The fourth-order valence-corrected chi connectivity index (χ4v) is 4.29. The molecule has 1 aromatic carbocycles. The number of morpholine rings is 1.